The Morgan fingerprint density at radius 3 is 2.65 bits per heavy atom. The summed E-state index contributed by atoms with van der Waals surface area (Å²) in [5, 5.41) is 9.06. The quantitative estimate of drug-likeness (QED) is 0.627. The molecule has 122 valence electrons. The van der Waals surface area contributed by atoms with E-state index in [4.69, 9.17) is 22.1 Å². The van der Waals surface area contributed by atoms with Crippen LogP contribution < -0.4 is 4.74 Å². The van der Waals surface area contributed by atoms with Crippen LogP contribution in [0.25, 0.3) is 6.08 Å². The van der Waals surface area contributed by atoms with Crippen LogP contribution >= 0.6 is 24.0 Å². The number of carbonyl (C=O) groups excluding carboxylic acids is 1. The fraction of sp³-hybridized carbons (Fsp3) is 0.312. The lowest BCUT2D eigenvalue weighted by molar-refractivity contribution is -0.144. The molecular formula is C16H17NO4S2. The molecule has 0 aliphatic carbocycles. The molecule has 5 nitrogen and oxygen atoms in total. The van der Waals surface area contributed by atoms with E-state index in [9.17, 15) is 9.59 Å². The fourth-order valence-corrected chi connectivity index (χ4v) is 3.37. The molecule has 1 heterocycles. The third-order valence-corrected chi connectivity index (χ3v) is 4.55. The smallest absolute Gasteiger partial charge is 0.326 e. The van der Waals surface area contributed by atoms with Crippen LogP contribution in [0.15, 0.2) is 29.2 Å². The van der Waals surface area contributed by atoms with Crippen LogP contribution in [0.5, 0.6) is 5.75 Å². The van der Waals surface area contributed by atoms with E-state index < -0.39 is 12.0 Å². The topological polar surface area (TPSA) is 66.8 Å². The van der Waals surface area contributed by atoms with Crippen molar-refractivity contribution in [1.29, 1.82) is 0 Å². The molecule has 2 rings (SSSR count). The van der Waals surface area contributed by atoms with Crippen LogP contribution in [0.1, 0.15) is 25.8 Å². The van der Waals surface area contributed by atoms with Crippen molar-refractivity contribution in [2.75, 3.05) is 6.61 Å². The van der Waals surface area contributed by atoms with Gasteiger partial charge in [-0.2, -0.15) is 0 Å². The number of carboxylic acids is 1. The molecule has 1 fully saturated rings. The van der Waals surface area contributed by atoms with Gasteiger partial charge in [-0.25, -0.2) is 4.79 Å². The largest absolute Gasteiger partial charge is 0.494 e. The molecule has 0 saturated carbocycles. The predicted molar refractivity (Wildman–Crippen MR) is 94.3 cm³/mol. The fourth-order valence-electron chi connectivity index (χ4n) is 1.96. The van der Waals surface area contributed by atoms with Gasteiger partial charge < -0.3 is 9.84 Å². The molecule has 23 heavy (non-hydrogen) atoms. The monoisotopic (exact) mass is 351 g/mol. The molecule has 1 aromatic carbocycles. The standard InChI is InChI=1S/C16H17NO4S2/c1-3-8-21-12-6-4-11(5-7-12)9-13-14(18)17(16(22)23-13)10(2)15(19)20/h4-7,9-10H,3,8H2,1-2H3,(H,19,20)/b13-9-/t10-/m0/s1. The minimum Gasteiger partial charge on any atom is -0.494 e. The number of ether oxygens (including phenoxy) is 1. The summed E-state index contributed by atoms with van der Waals surface area (Å²) in [5.41, 5.74) is 0.831. The Bertz CT molecular complexity index is 655. The highest BCUT2D eigenvalue weighted by Gasteiger charge is 2.38. The molecule has 0 bridgehead atoms. The van der Waals surface area contributed by atoms with Gasteiger partial charge in [0.05, 0.1) is 11.5 Å². The van der Waals surface area contributed by atoms with Crippen LogP contribution in [-0.4, -0.2) is 38.9 Å². The van der Waals surface area contributed by atoms with Gasteiger partial charge in [-0.3, -0.25) is 9.69 Å². The summed E-state index contributed by atoms with van der Waals surface area (Å²) in [4.78, 5) is 25.0. The summed E-state index contributed by atoms with van der Waals surface area (Å²) in [6, 6.07) is 6.39. The maximum Gasteiger partial charge on any atom is 0.326 e. The van der Waals surface area contributed by atoms with Crippen LogP contribution in [0.2, 0.25) is 0 Å². The first-order valence-electron chi connectivity index (χ1n) is 7.16. The normalized spacial score (nSPS) is 17.7. The Morgan fingerprint density at radius 2 is 2.09 bits per heavy atom. The Kier molecular flexibility index (Phi) is 5.79. The van der Waals surface area contributed by atoms with Crippen LogP contribution in [0.3, 0.4) is 0 Å². The Hall–Kier alpha value is -1.86. The molecule has 1 N–H and O–H groups in total. The lowest BCUT2D eigenvalue weighted by atomic mass is 10.2. The van der Waals surface area contributed by atoms with Gasteiger partial charge in [-0.15, -0.1) is 0 Å². The van der Waals surface area contributed by atoms with E-state index in [-0.39, 0.29) is 10.2 Å². The summed E-state index contributed by atoms with van der Waals surface area (Å²) >= 11 is 6.23. The third-order valence-electron chi connectivity index (χ3n) is 3.22. The third kappa shape index (κ3) is 4.11. The molecule has 0 radical (unpaired) electrons. The number of hydrogen-bond acceptors (Lipinski definition) is 5. The van der Waals surface area contributed by atoms with Gasteiger partial charge in [-0.1, -0.05) is 43.0 Å². The number of hydrogen-bond donors (Lipinski definition) is 1. The lowest BCUT2D eigenvalue weighted by Gasteiger charge is -2.18. The zero-order valence-corrected chi connectivity index (χ0v) is 14.4. The molecule has 7 heteroatoms. The average Bonchev–Trinajstić information content (AvgIpc) is 2.80. The molecule has 0 unspecified atom stereocenters. The molecular weight excluding hydrogens is 334 g/mol. The molecule has 1 aromatic rings. The second kappa shape index (κ2) is 7.61. The van der Waals surface area contributed by atoms with Gasteiger partial charge in [0.1, 0.15) is 16.1 Å². The Balaban J connectivity index is 2.15. The molecule has 1 aliphatic heterocycles. The Labute approximate surface area is 144 Å². The summed E-state index contributed by atoms with van der Waals surface area (Å²) in [7, 11) is 0. The van der Waals surface area contributed by atoms with Crippen molar-refractivity contribution >= 4 is 46.3 Å². The number of benzene rings is 1. The highest BCUT2D eigenvalue weighted by atomic mass is 32.2. The van der Waals surface area contributed by atoms with Crippen molar-refractivity contribution < 1.29 is 19.4 Å². The van der Waals surface area contributed by atoms with E-state index in [1.165, 1.54) is 6.92 Å². The average molecular weight is 351 g/mol. The van der Waals surface area contributed by atoms with E-state index in [0.717, 1.165) is 34.4 Å². The van der Waals surface area contributed by atoms with Gasteiger partial charge >= 0.3 is 5.97 Å². The number of thioether (sulfide) groups is 1. The second-order valence-electron chi connectivity index (χ2n) is 4.98. The van der Waals surface area contributed by atoms with Crippen molar-refractivity contribution in [1.82, 2.24) is 4.90 Å². The molecule has 1 atom stereocenters. The zero-order chi connectivity index (χ0) is 17.0. The maximum atomic E-state index is 12.3. The van der Waals surface area contributed by atoms with Crippen LogP contribution in [0, 0.1) is 0 Å². The minimum atomic E-state index is -1.08. The number of nitrogens with zero attached hydrogens (tertiary/aromatic N) is 1. The Morgan fingerprint density at radius 1 is 1.43 bits per heavy atom. The van der Waals surface area contributed by atoms with Gasteiger partial charge in [0.25, 0.3) is 5.91 Å². The number of carbonyl (C=O) groups is 2. The number of rotatable bonds is 6. The van der Waals surface area contributed by atoms with E-state index >= 15 is 0 Å². The maximum absolute atomic E-state index is 12.3. The van der Waals surface area contributed by atoms with Crippen molar-refractivity contribution in [3.05, 3.63) is 34.7 Å². The molecule has 1 aliphatic rings. The number of carboxylic acid groups (broad SMARTS) is 1. The van der Waals surface area contributed by atoms with Gasteiger partial charge in [0, 0.05) is 0 Å². The summed E-state index contributed by atoms with van der Waals surface area (Å²) < 4.78 is 5.77. The summed E-state index contributed by atoms with van der Waals surface area (Å²) in [6.07, 6.45) is 2.64. The van der Waals surface area contributed by atoms with Crippen LogP contribution in [-0.2, 0) is 9.59 Å². The molecule has 1 amide bonds. The first-order valence-corrected chi connectivity index (χ1v) is 8.39. The SMILES string of the molecule is CCCOc1ccc(/C=C2\SC(=S)N([C@@H](C)C(=O)O)C2=O)cc1. The van der Waals surface area contributed by atoms with Crippen molar-refractivity contribution in [2.24, 2.45) is 0 Å². The van der Waals surface area contributed by atoms with Crippen molar-refractivity contribution in [3.8, 4) is 5.75 Å². The first-order chi connectivity index (χ1) is 10.9. The number of aliphatic carboxylic acids is 1. The first kappa shape index (κ1) is 17.5. The van der Waals surface area contributed by atoms with Gasteiger partial charge in [0.15, 0.2) is 0 Å². The second-order valence-corrected chi connectivity index (χ2v) is 6.66. The van der Waals surface area contributed by atoms with Gasteiger partial charge in [0.2, 0.25) is 0 Å². The van der Waals surface area contributed by atoms with Crippen molar-refractivity contribution in [2.45, 2.75) is 26.3 Å². The highest BCUT2D eigenvalue weighted by Crippen LogP contribution is 2.34. The lowest BCUT2D eigenvalue weighted by Crippen LogP contribution is -2.41. The van der Waals surface area contributed by atoms with Gasteiger partial charge in [-0.05, 0) is 37.1 Å². The van der Waals surface area contributed by atoms with E-state index in [1.807, 2.05) is 31.2 Å². The molecule has 0 aromatic heterocycles. The van der Waals surface area contributed by atoms with Crippen LogP contribution in [0.4, 0.5) is 0 Å². The number of thiocarbonyl (C=S) groups is 1. The minimum absolute atomic E-state index is 0.263. The van der Waals surface area contributed by atoms with E-state index in [2.05, 4.69) is 0 Å². The van der Waals surface area contributed by atoms with E-state index in [1.54, 1.807) is 6.08 Å². The summed E-state index contributed by atoms with van der Waals surface area (Å²) in [5.74, 6) is -0.683. The van der Waals surface area contributed by atoms with Crippen molar-refractivity contribution in [3.63, 3.8) is 0 Å². The number of amides is 1. The zero-order valence-electron chi connectivity index (χ0n) is 12.8. The molecule has 0 spiro atoms. The van der Waals surface area contributed by atoms with E-state index in [0.29, 0.717) is 11.5 Å². The summed E-state index contributed by atoms with van der Waals surface area (Å²) in [6.45, 7) is 4.13. The molecule has 1 saturated heterocycles. The highest BCUT2D eigenvalue weighted by molar-refractivity contribution is 8.26. The predicted octanol–water partition coefficient (Wildman–Crippen LogP) is 3.15.